The summed E-state index contributed by atoms with van der Waals surface area (Å²) in [5.74, 6) is 1.05. The molecule has 0 radical (unpaired) electrons. The van der Waals surface area contributed by atoms with Gasteiger partial charge < -0.3 is 10.4 Å². The Bertz CT molecular complexity index is 482. The molecule has 0 spiro atoms. The summed E-state index contributed by atoms with van der Waals surface area (Å²) < 4.78 is 1.78. The largest absolute Gasteiger partial charge is 0.392 e. The van der Waals surface area contributed by atoms with E-state index in [1.54, 1.807) is 16.9 Å². The summed E-state index contributed by atoms with van der Waals surface area (Å²) in [4.78, 5) is 14.2. The van der Waals surface area contributed by atoms with E-state index in [-0.39, 0.29) is 24.1 Å². The van der Waals surface area contributed by atoms with Gasteiger partial charge in [-0.2, -0.15) is 5.10 Å². The van der Waals surface area contributed by atoms with Crippen LogP contribution < -0.4 is 5.32 Å². The number of nitrogens with zero attached hydrogens (tertiary/aromatic N) is 3. The smallest absolute Gasteiger partial charge is 0.242 e. The van der Waals surface area contributed by atoms with Crippen molar-refractivity contribution in [2.75, 3.05) is 18.9 Å². The van der Waals surface area contributed by atoms with Gasteiger partial charge in [0.2, 0.25) is 5.91 Å². The zero-order valence-electron chi connectivity index (χ0n) is 13.3. The molecule has 6 heteroatoms. The Hall–Kier alpha value is -1.40. The van der Waals surface area contributed by atoms with Crippen molar-refractivity contribution in [3.63, 3.8) is 0 Å². The van der Waals surface area contributed by atoms with Gasteiger partial charge in [0.05, 0.1) is 18.3 Å². The number of aromatic nitrogens is 2. The minimum atomic E-state index is -0.327. The average Bonchev–Trinajstić information content (AvgIpc) is 3.18. The summed E-state index contributed by atoms with van der Waals surface area (Å²) in [6.45, 7) is 6.42. The third kappa shape index (κ3) is 4.04. The van der Waals surface area contributed by atoms with Gasteiger partial charge in [0.15, 0.2) is 0 Å². The first kappa shape index (κ1) is 16.0. The van der Waals surface area contributed by atoms with Crippen molar-refractivity contribution in [1.29, 1.82) is 0 Å². The van der Waals surface area contributed by atoms with Crippen molar-refractivity contribution in [2.45, 2.75) is 51.8 Å². The van der Waals surface area contributed by atoms with Crippen LogP contribution in [0.15, 0.2) is 12.3 Å². The lowest BCUT2D eigenvalue weighted by Gasteiger charge is -2.26. The van der Waals surface area contributed by atoms with Crippen LogP contribution in [-0.2, 0) is 4.79 Å². The minimum absolute atomic E-state index is 0.0807. The number of carbonyl (C=O) groups excluding carboxylic acids is 1. The molecule has 1 amide bonds. The third-order valence-corrected chi connectivity index (χ3v) is 4.09. The molecule has 2 N–H and O–H groups in total. The van der Waals surface area contributed by atoms with Crippen LogP contribution in [0.3, 0.4) is 0 Å². The Kier molecular flexibility index (Phi) is 5.00. The third-order valence-electron chi connectivity index (χ3n) is 4.09. The number of amides is 1. The van der Waals surface area contributed by atoms with Crippen LogP contribution in [0.4, 0.5) is 5.82 Å². The molecule has 2 rings (SSSR count). The van der Waals surface area contributed by atoms with Crippen molar-refractivity contribution >= 4 is 11.7 Å². The molecule has 2 unspecified atom stereocenters. The van der Waals surface area contributed by atoms with E-state index in [9.17, 15) is 9.90 Å². The number of anilines is 1. The molecule has 21 heavy (non-hydrogen) atoms. The lowest BCUT2D eigenvalue weighted by Crippen LogP contribution is -2.43. The highest BCUT2D eigenvalue weighted by Crippen LogP contribution is 2.32. The van der Waals surface area contributed by atoms with E-state index in [0.29, 0.717) is 18.3 Å². The highest BCUT2D eigenvalue weighted by molar-refractivity contribution is 5.93. The second kappa shape index (κ2) is 6.58. The fourth-order valence-corrected chi connectivity index (χ4v) is 2.34. The van der Waals surface area contributed by atoms with Crippen molar-refractivity contribution in [3.8, 4) is 0 Å². The van der Waals surface area contributed by atoms with Crippen LogP contribution in [0.25, 0.3) is 0 Å². The number of likely N-dealkylation sites (N-methyl/N-ethyl adjacent to an activating group) is 1. The molecule has 0 aromatic carbocycles. The SMILES string of the molecule is CC(C(=O)Nc1ccnn1C(C)C)N(C)CC(O)C1CC1. The average molecular weight is 294 g/mol. The number of hydrogen-bond acceptors (Lipinski definition) is 4. The fourth-order valence-electron chi connectivity index (χ4n) is 2.34. The zero-order valence-corrected chi connectivity index (χ0v) is 13.3. The van der Waals surface area contributed by atoms with Gasteiger partial charge in [0.25, 0.3) is 0 Å². The first-order valence-corrected chi connectivity index (χ1v) is 7.62. The fraction of sp³-hybridized carbons (Fsp3) is 0.733. The minimum Gasteiger partial charge on any atom is -0.392 e. The second-order valence-electron chi connectivity index (χ2n) is 6.26. The van der Waals surface area contributed by atoms with Gasteiger partial charge in [-0.1, -0.05) is 0 Å². The second-order valence-corrected chi connectivity index (χ2v) is 6.26. The topological polar surface area (TPSA) is 70.4 Å². The van der Waals surface area contributed by atoms with Crippen LogP contribution in [0.5, 0.6) is 0 Å². The lowest BCUT2D eigenvalue weighted by atomic mass is 10.2. The van der Waals surface area contributed by atoms with Crippen LogP contribution in [0.1, 0.15) is 39.7 Å². The first-order chi connectivity index (χ1) is 9.90. The maximum Gasteiger partial charge on any atom is 0.242 e. The van der Waals surface area contributed by atoms with E-state index >= 15 is 0 Å². The summed E-state index contributed by atoms with van der Waals surface area (Å²) >= 11 is 0. The summed E-state index contributed by atoms with van der Waals surface area (Å²) in [5, 5.41) is 17.1. The Morgan fingerprint density at radius 3 is 2.76 bits per heavy atom. The van der Waals surface area contributed by atoms with Crippen molar-refractivity contribution in [3.05, 3.63) is 12.3 Å². The predicted molar refractivity (Wildman–Crippen MR) is 82.1 cm³/mol. The normalized spacial score (nSPS) is 18.0. The summed E-state index contributed by atoms with van der Waals surface area (Å²) in [6, 6.07) is 1.69. The van der Waals surface area contributed by atoms with Gasteiger partial charge in [0.1, 0.15) is 5.82 Å². The van der Waals surface area contributed by atoms with E-state index in [0.717, 1.165) is 12.8 Å². The number of rotatable bonds is 7. The number of hydrogen-bond donors (Lipinski definition) is 2. The molecule has 6 nitrogen and oxygen atoms in total. The van der Waals surface area contributed by atoms with Gasteiger partial charge in [-0.3, -0.25) is 9.69 Å². The molecule has 1 aromatic heterocycles. The molecule has 118 valence electrons. The lowest BCUT2D eigenvalue weighted by molar-refractivity contribution is -0.120. The molecule has 0 aliphatic heterocycles. The highest BCUT2D eigenvalue weighted by Gasteiger charge is 2.32. The Morgan fingerprint density at radius 2 is 2.19 bits per heavy atom. The summed E-state index contributed by atoms with van der Waals surface area (Å²) in [7, 11) is 1.87. The van der Waals surface area contributed by atoms with Crippen molar-refractivity contribution in [1.82, 2.24) is 14.7 Å². The molecule has 1 aromatic rings. The highest BCUT2D eigenvalue weighted by atomic mass is 16.3. The Labute approximate surface area is 126 Å². The number of aliphatic hydroxyl groups is 1. The number of carbonyl (C=O) groups is 1. The standard InChI is InChI=1S/C15H26N4O2/c1-10(2)19-14(7-8-16-19)17-15(21)11(3)18(4)9-13(20)12-5-6-12/h7-8,10-13,20H,5-6,9H2,1-4H3,(H,17,21). The van der Waals surface area contributed by atoms with Crippen LogP contribution in [0.2, 0.25) is 0 Å². The predicted octanol–water partition coefficient (Wildman–Crippen LogP) is 1.49. The van der Waals surface area contributed by atoms with Crippen molar-refractivity contribution in [2.24, 2.45) is 5.92 Å². The Balaban J connectivity index is 1.90. The maximum absolute atomic E-state index is 12.3. The molecule has 1 aliphatic rings. The van der Waals surface area contributed by atoms with Gasteiger partial charge >= 0.3 is 0 Å². The zero-order chi connectivity index (χ0) is 15.6. The quantitative estimate of drug-likeness (QED) is 0.799. The number of nitrogens with one attached hydrogen (secondary N) is 1. The monoisotopic (exact) mass is 294 g/mol. The molecular weight excluding hydrogens is 268 g/mol. The maximum atomic E-state index is 12.3. The van der Waals surface area contributed by atoms with Crippen LogP contribution >= 0.6 is 0 Å². The molecule has 1 fully saturated rings. The van der Waals surface area contributed by atoms with E-state index in [1.165, 1.54) is 0 Å². The van der Waals surface area contributed by atoms with E-state index in [4.69, 9.17) is 0 Å². The van der Waals surface area contributed by atoms with E-state index in [1.807, 2.05) is 32.7 Å². The van der Waals surface area contributed by atoms with E-state index in [2.05, 4.69) is 10.4 Å². The van der Waals surface area contributed by atoms with Gasteiger partial charge in [-0.15, -0.1) is 0 Å². The molecule has 1 aliphatic carbocycles. The Morgan fingerprint density at radius 1 is 1.52 bits per heavy atom. The molecule has 2 atom stereocenters. The molecular formula is C15H26N4O2. The van der Waals surface area contributed by atoms with Crippen LogP contribution in [0, 0.1) is 5.92 Å². The molecule has 0 saturated heterocycles. The number of aliphatic hydroxyl groups excluding tert-OH is 1. The van der Waals surface area contributed by atoms with Gasteiger partial charge in [-0.25, -0.2) is 4.68 Å². The molecule has 1 heterocycles. The van der Waals surface area contributed by atoms with Crippen LogP contribution in [-0.4, -0.2) is 51.4 Å². The summed E-state index contributed by atoms with van der Waals surface area (Å²) in [5.41, 5.74) is 0. The van der Waals surface area contributed by atoms with E-state index < -0.39 is 0 Å². The summed E-state index contributed by atoms with van der Waals surface area (Å²) in [6.07, 6.45) is 3.55. The first-order valence-electron chi connectivity index (χ1n) is 7.62. The van der Waals surface area contributed by atoms with Gasteiger partial charge in [0, 0.05) is 18.7 Å². The van der Waals surface area contributed by atoms with Crippen molar-refractivity contribution < 1.29 is 9.90 Å². The van der Waals surface area contributed by atoms with Gasteiger partial charge in [-0.05, 0) is 46.6 Å². The molecule has 1 saturated carbocycles. The molecule has 0 bridgehead atoms.